The lowest BCUT2D eigenvalue weighted by Gasteiger charge is -2.34. The molecule has 0 spiro atoms. The maximum absolute atomic E-state index is 11.4. The maximum Gasteiger partial charge on any atom is 0.249 e. The smallest absolute Gasteiger partial charge is 0.249 e. The molecule has 4 aromatic rings. The van der Waals surface area contributed by atoms with Crippen molar-refractivity contribution in [1.82, 2.24) is 34.2 Å². The number of nitrogens with two attached hydrogens (primary N) is 2. The monoisotopic (exact) mass is 541 g/mol. The fourth-order valence-corrected chi connectivity index (χ4v) is 5.02. The van der Waals surface area contributed by atoms with Crippen LogP contribution in [0.2, 0.25) is 0 Å². The number of amides is 2. The molecule has 0 bridgehead atoms. The number of aryl methyl sites for hydroxylation is 1. The molecule has 1 fully saturated rings. The molecular weight excluding hydrogens is 510 g/mol. The molecule has 0 aliphatic heterocycles. The van der Waals surface area contributed by atoms with Crippen molar-refractivity contribution in [2.75, 3.05) is 18.4 Å². The van der Waals surface area contributed by atoms with E-state index in [1.807, 2.05) is 35.9 Å². The normalized spacial score (nSPS) is 17.4. The molecule has 206 valence electrons. The Bertz CT molecular complexity index is 1510. The fraction of sp³-hybridized carbons (Fsp3) is 0.333. The van der Waals surface area contributed by atoms with Crippen LogP contribution in [-0.4, -0.2) is 71.4 Å². The van der Waals surface area contributed by atoms with Crippen molar-refractivity contribution >= 4 is 41.0 Å². The first kappa shape index (κ1) is 26.8. The van der Waals surface area contributed by atoms with Crippen LogP contribution in [0, 0.1) is 12.8 Å². The average molecular weight is 542 g/mol. The molecule has 0 aromatic carbocycles. The first-order valence-corrected chi connectivity index (χ1v) is 13.0. The molecule has 0 saturated heterocycles. The van der Waals surface area contributed by atoms with Crippen LogP contribution >= 0.6 is 0 Å². The van der Waals surface area contributed by atoms with E-state index in [0.29, 0.717) is 5.95 Å². The number of hydrogen-bond acceptors (Lipinski definition) is 10. The lowest BCUT2D eigenvalue weighted by molar-refractivity contribution is -0.123. The van der Waals surface area contributed by atoms with Crippen LogP contribution in [0.1, 0.15) is 31.2 Å². The molecule has 1 aliphatic rings. The lowest BCUT2D eigenvalue weighted by atomic mass is 9.86. The highest BCUT2D eigenvalue weighted by atomic mass is 16.2. The Kier molecular flexibility index (Phi) is 8.01. The van der Waals surface area contributed by atoms with Crippen LogP contribution in [0.5, 0.6) is 0 Å². The molecule has 13 heteroatoms. The molecule has 13 nitrogen and oxygen atoms in total. The van der Waals surface area contributed by atoms with Crippen molar-refractivity contribution in [2.45, 2.75) is 38.6 Å². The number of imidazole rings is 1. The van der Waals surface area contributed by atoms with Crippen molar-refractivity contribution < 1.29 is 9.59 Å². The van der Waals surface area contributed by atoms with Gasteiger partial charge < -0.3 is 16.8 Å². The first-order valence-electron chi connectivity index (χ1n) is 13.0. The van der Waals surface area contributed by atoms with Gasteiger partial charge in [0.05, 0.1) is 54.4 Å². The number of aliphatic imine (C=N–C) groups is 1. The standard InChI is InChI=1S/C27H31N11O2/c1-17-8-33-27(34-9-18-2-5-21(6-3-18)37(14-23(28)39)15-24(29)40)36-26(17)22-12-32-25-7-4-19(13-38(22)25)35-20-10-30-16-31-11-20/h4,7-13,16,18,21,35H,2-3,5-6,14-15H2,1H3,(H2,28,39)(H2,29,40)/b34-9+. The number of primary amides is 2. The molecule has 5 N–H and O–H groups in total. The molecule has 0 unspecified atom stereocenters. The summed E-state index contributed by atoms with van der Waals surface area (Å²) in [5.74, 6) is -0.333. The van der Waals surface area contributed by atoms with E-state index < -0.39 is 11.8 Å². The van der Waals surface area contributed by atoms with Crippen molar-refractivity contribution in [2.24, 2.45) is 22.4 Å². The zero-order valence-corrected chi connectivity index (χ0v) is 22.1. The van der Waals surface area contributed by atoms with E-state index in [0.717, 1.165) is 59.7 Å². The molecule has 4 aromatic heterocycles. The van der Waals surface area contributed by atoms with E-state index in [2.05, 4.69) is 30.2 Å². The predicted molar refractivity (Wildman–Crippen MR) is 150 cm³/mol. The lowest BCUT2D eigenvalue weighted by Crippen LogP contribution is -2.47. The third-order valence-electron chi connectivity index (χ3n) is 6.93. The van der Waals surface area contributed by atoms with E-state index in [-0.39, 0.29) is 25.0 Å². The van der Waals surface area contributed by atoms with Crippen LogP contribution in [0.25, 0.3) is 17.0 Å². The number of carbonyl (C=O) groups excluding carboxylic acids is 2. The van der Waals surface area contributed by atoms with Gasteiger partial charge in [-0.05, 0) is 56.2 Å². The number of anilines is 2. The highest BCUT2D eigenvalue weighted by Crippen LogP contribution is 2.28. The summed E-state index contributed by atoms with van der Waals surface area (Å²) in [6.45, 7) is 2.00. The van der Waals surface area contributed by atoms with Gasteiger partial charge in [-0.15, -0.1) is 0 Å². The number of aromatic nitrogens is 6. The predicted octanol–water partition coefficient (Wildman–Crippen LogP) is 2.17. The number of fused-ring (bicyclic) bond motifs is 1. The molecule has 1 aliphatic carbocycles. The second kappa shape index (κ2) is 11.9. The second-order valence-corrected chi connectivity index (χ2v) is 9.93. The van der Waals surface area contributed by atoms with Gasteiger partial charge >= 0.3 is 0 Å². The Morgan fingerprint density at radius 1 is 1.02 bits per heavy atom. The van der Waals surface area contributed by atoms with Crippen molar-refractivity contribution in [1.29, 1.82) is 0 Å². The summed E-state index contributed by atoms with van der Waals surface area (Å²) in [6.07, 6.45) is 15.6. The molecule has 5 rings (SSSR count). The van der Waals surface area contributed by atoms with Crippen LogP contribution in [-0.2, 0) is 9.59 Å². The van der Waals surface area contributed by atoms with E-state index in [4.69, 9.17) is 16.5 Å². The summed E-state index contributed by atoms with van der Waals surface area (Å²) >= 11 is 0. The summed E-state index contributed by atoms with van der Waals surface area (Å²) < 4.78 is 1.97. The minimum atomic E-state index is -0.471. The summed E-state index contributed by atoms with van der Waals surface area (Å²) in [5, 5.41) is 3.30. The average Bonchev–Trinajstić information content (AvgIpc) is 3.36. The Morgan fingerprint density at radius 2 is 1.75 bits per heavy atom. The molecule has 4 heterocycles. The Morgan fingerprint density at radius 3 is 2.45 bits per heavy atom. The van der Waals surface area contributed by atoms with Crippen LogP contribution in [0.4, 0.5) is 17.3 Å². The van der Waals surface area contributed by atoms with Crippen LogP contribution in [0.15, 0.2) is 54.4 Å². The maximum atomic E-state index is 11.4. The van der Waals surface area contributed by atoms with Crippen molar-refractivity contribution in [3.05, 3.63) is 55.0 Å². The van der Waals surface area contributed by atoms with Gasteiger partial charge in [-0.1, -0.05) is 0 Å². The summed E-state index contributed by atoms with van der Waals surface area (Å²) in [7, 11) is 0. The summed E-state index contributed by atoms with van der Waals surface area (Å²) in [4.78, 5) is 51.0. The number of rotatable bonds is 10. The SMILES string of the molecule is Cc1cnc(/N=C/C2CCC(N(CC(N)=O)CC(N)=O)CC2)nc1-c1cnc2ccc(Nc3cncnc3)cn12. The van der Waals surface area contributed by atoms with E-state index in [1.165, 1.54) is 6.33 Å². The van der Waals surface area contributed by atoms with Crippen molar-refractivity contribution in [3.63, 3.8) is 0 Å². The second-order valence-electron chi connectivity index (χ2n) is 9.93. The van der Waals surface area contributed by atoms with E-state index >= 15 is 0 Å². The number of nitrogens with zero attached hydrogens (tertiary/aromatic N) is 8. The molecule has 0 atom stereocenters. The number of pyridine rings is 1. The third kappa shape index (κ3) is 6.43. The fourth-order valence-electron chi connectivity index (χ4n) is 5.02. The van der Waals surface area contributed by atoms with Crippen molar-refractivity contribution in [3.8, 4) is 11.4 Å². The minimum absolute atomic E-state index is 0.0217. The van der Waals surface area contributed by atoms with Gasteiger partial charge in [0.2, 0.25) is 17.8 Å². The van der Waals surface area contributed by atoms with Gasteiger partial charge in [0.15, 0.2) is 0 Å². The largest absolute Gasteiger partial charge is 0.369 e. The van der Waals surface area contributed by atoms with Gasteiger partial charge in [0.25, 0.3) is 0 Å². The van der Waals surface area contributed by atoms with Crippen LogP contribution in [0.3, 0.4) is 0 Å². The first-order chi connectivity index (χ1) is 19.4. The Balaban J connectivity index is 1.30. The van der Waals surface area contributed by atoms with Crippen LogP contribution < -0.4 is 16.8 Å². The van der Waals surface area contributed by atoms with Gasteiger partial charge in [-0.3, -0.25) is 18.9 Å². The Labute approximate surface area is 230 Å². The molecular formula is C27H31N11O2. The Hall–Kier alpha value is -4.78. The summed E-state index contributed by atoms with van der Waals surface area (Å²) in [6, 6.07) is 3.95. The summed E-state index contributed by atoms with van der Waals surface area (Å²) in [5.41, 5.74) is 15.6. The van der Waals surface area contributed by atoms with Gasteiger partial charge in [-0.2, -0.15) is 0 Å². The number of nitrogens with one attached hydrogen (secondary N) is 1. The molecule has 0 radical (unpaired) electrons. The quantitative estimate of drug-likeness (QED) is 0.253. The topological polar surface area (TPSA) is 183 Å². The van der Waals surface area contributed by atoms with Gasteiger partial charge in [0.1, 0.15) is 12.0 Å². The number of hydrogen-bond donors (Lipinski definition) is 3. The highest BCUT2D eigenvalue weighted by molar-refractivity contribution is 5.79. The zero-order chi connectivity index (χ0) is 28.1. The van der Waals surface area contributed by atoms with E-state index in [1.54, 1.807) is 29.7 Å². The third-order valence-corrected chi connectivity index (χ3v) is 6.93. The van der Waals surface area contributed by atoms with E-state index in [9.17, 15) is 9.59 Å². The highest BCUT2D eigenvalue weighted by Gasteiger charge is 2.27. The van der Waals surface area contributed by atoms with Gasteiger partial charge in [-0.25, -0.2) is 29.9 Å². The molecule has 1 saturated carbocycles. The van der Waals surface area contributed by atoms with Gasteiger partial charge in [0, 0.05) is 24.7 Å². The molecule has 40 heavy (non-hydrogen) atoms. The molecule has 2 amide bonds. The zero-order valence-electron chi connectivity index (χ0n) is 22.1. The minimum Gasteiger partial charge on any atom is -0.369 e. The number of carbonyl (C=O) groups is 2.